The van der Waals surface area contributed by atoms with Crippen molar-refractivity contribution in [1.29, 1.82) is 0 Å². The Bertz CT molecular complexity index is 511. The standard InChI is InChI=1S/C14H17Br2N3/c1-2-5-17-13(9-14-18-6-7-19-14)11-8-10(15)3-4-12(11)16/h3-4,6-8,13,17H,2,5,9H2,1H3,(H,18,19). The quantitative estimate of drug-likeness (QED) is 0.780. The average Bonchev–Trinajstić information content (AvgIpc) is 2.90. The maximum absolute atomic E-state index is 4.32. The summed E-state index contributed by atoms with van der Waals surface area (Å²) in [6.45, 7) is 3.16. The van der Waals surface area contributed by atoms with E-state index >= 15 is 0 Å². The molecule has 0 aliphatic rings. The number of nitrogens with one attached hydrogen (secondary N) is 2. The molecule has 1 heterocycles. The van der Waals surface area contributed by atoms with Gasteiger partial charge in [0.15, 0.2) is 0 Å². The average molecular weight is 387 g/mol. The largest absolute Gasteiger partial charge is 0.349 e. The summed E-state index contributed by atoms with van der Waals surface area (Å²) in [4.78, 5) is 7.49. The zero-order valence-corrected chi connectivity index (χ0v) is 14.0. The van der Waals surface area contributed by atoms with Gasteiger partial charge in [-0.2, -0.15) is 0 Å². The van der Waals surface area contributed by atoms with E-state index < -0.39 is 0 Å². The minimum atomic E-state index is 0.248. The Morgan fingerprint density at radius 1 is 1.37 bits per heavy atom. The molecule has 1 aromatic heterocycles. The molecule has 0 amide bonds. The SMILES string of the molecule is CCCNC(Cc1ncc[nH]1)c1cc(Br)ccc1Br. The molecule has 1 unspecified atom stereocenters. The van der Waals surface area contributed by atoms with Crippen LogP contribution in [0.25, 0.3) is 0 Å². The summed E-state index contributed by atoms with van der Waals surface area (Å²) in [7, 11) is 0. The van der Waals surface area contributed by atoms with Crippen molar-refractivity contribution in [3.8, 4) is 0 Å². The first-order chi connectivity index (χ1) is 9.20. The van der Waals surface area contributed by atoms with Crippen LogP contribution in [0.2, 0.25) is 0 Å². The molecule has 0 fully saturated rings. The van der Waals surface area contributed by atoms with Gasteiger partial charge in [0.25, 0.3) is 0 Å². The smallest absolute Gasteiger partial charge is 0.107 e. The number of hydrogen-bond donors (Lipinski definition) is 2. The molecule has 0 bridgehead atoms. The van der Waals surface area contributed by atoms with Gasteiger partial charge in [0.05, 0.1) is 0 Å². The summed E-state index contributed by atoms with van der Waals surface area (Å²) >= 11 is 7.17. The van der Waals surface area contributed by atoms with E-state index in [1.807, 2.05) is 12.3 Å². The third kappa shape index (κ3) is 4.16. The number of aromatic nitrogens is 2. The van der Waals surface area contributed by atoms with Gasteiger partial charge in [-0.1, -0.05) is 38.8 Å². The van der Waals surface area contributed by atoms with Gasteiger partial charge in [0, 0.05) is 33.8 Å². The van der Waals surface area contributed by atoms with E-state index in [2.05, 4.69) is 66.2 Å². The van der Waals surface area contributed by atoms with Crippen molar-refractivity contribution in [3.05, 3.63) is 50.9 Å². The Labute approximate surface area is 130 Å². The Kier molecular flexibility index (Phi) is 5.60. The second-order valence-corrected chi connectivity index (χ2v) is 6.18. The van der Waals surface area contributed by atoms with Crippen LogP contribution in [0, 0.1) is 0 Å². The van der Waals surface area contributed by atoms with Crippen molar-refractivity contribution < 1.29 is 0 Å². The first-order valence-electron chi connectivity index (χ1n) is 6.37. The first kappa shape index (κ1) is 14.8. The van der Waals surface area contributed by atoms with Crippen molar-refractivity contribution in [2.45, 2.75) is 25.8 Å². The number of benzene rings is 1. The van der Waals surface area contributed by atoms with Crippen LogP contribution < -0.4 is 5.32 Å². The fourth-order valence-corrected chi connectivity index (χ4v) is 2.90. The highest BCUT2D eigenvalue weighted by molar-refractivity contribution is 9.11. The molecule has 2 aromatic rings. The maximum atomic E-state index is 4.32. The number of H-pyrrole nitrogens is 1. The molecule has 0 aliphatic heterocycles. The number of hydrogen-bond acceptors (Lipinski definition) is 2. The van der Waals surface area contributed by atoms with Gasteiger partial charge >= 0.3 is 0 Å². The normalized spacial score (nSPS) is 12.6. The fraction of sp³-hybridized carbons (Fsp3) is 0.357. The summed E-state index contributed by atoms with van der Waals surface area (Å²) < 4.78 is 2.21. The molecule has 5 heteroatoms. The third-order valence-electron chi connectivity index (χ3n) is 2.93. The van der Waals surface area contributed by atoms with E-state index in [0.29, 0.717) is 0 Å². The molecular formula is C14H17Br2N3. The maximum Gasteiger partial charge on any atom is 0.107 e. The molecule has 19 heavy (non-hydrogen) atoms. The summed E-state index contributed by atoms with van der Waals surface area (Å²) in [6, 6.07) is 6.51. The highest BCUT2D eigenvalue weighted by Gasteiger charge is 2.16. The predicted octanol–water partition coefficient (Wildman–Crippen LogP) is 4.22. The second-order valence-electron chi connectivity index (χ2n) is 4.41. The number of rotatable bonds is 6. The number of imidazole rings is 1. The van der Waals surface area contributed by atoms with E-state index in [0.717, 1.165) is 34.2 Å². The summed E-state index contributed by atoms with van der Waals surface area (Å²) in [6.07, 6.45) is 5.62. The topological polar surface area (TPSA) is 40.7 Å². The van der Waals surface area contributed by atoms with Gasteiger partial charge in [-0.3, -0.25) is 0 Å². The van der Waals surface area contributed by atoms with Crippen LogP contribution in [0.15, 0.2) is 39.5 Å². The van der Waals surface area contributed by atoms with Crippen LogP contribution in [0.3, 0.4) is 0 Å². The lowest BCUT2D eigenvalue weighted by molar-refractivity contribution is 0.518. The minimum Gasteiger partial charge on any atom is -0.349 e. The molecule has 1 aromatic carbocycles. The Morgan fingerprint density at radius 2 is 2.21 bits per heavy atom. The van der Waals surface area contributed by atoms with Crippen molar-refractivity contribution in [3.63, 3.8) is 0 Å². The van der Waals surface area contributed by atoms with Crippen molar-refractivity contribution >= 4 is 31.9 Å². The van der Waals surface area contributed by atoms with Crippen molar-refractivity contribution in [2.24, 2.45) is 0 Å². The Morgan fingerprint density at radius 3 is 2.89 bits per heavy atom. The van der Waals surface area contributed by atoms with Gasteiger partial charge in [-0.15, -0.1) is 0 Å². The summed E-state index contributed by atoms with van der Waals surface area (Å²) in [5, 5.41) is 3.58. The van der Waals surface area contributed by atoms with Crippen LogP contribution in [0.4, 0.5) is 0 Å². The molecule has 2 N–H and O–H groups in total. The third-order valence-corrected chi connectivity index (χ3v) is 4.14. The molecular weight excluding hydrogens is 370 g/mol. The zero-order valence-electron chi connectivity index (χ0n) is 10.8. The molecule has 1 atom stereocenters. The highest BCUT2D eigenvalue weighted by atomic mass is 79.9. The van der Waals surface area contributed by atoms with Crippen LogP contribution >= 0.6 is 31.9 Å². The van der Waals surface area contributed by atoms with E-state index in [1.54, 1.807) is 6.20 Å². The van der Waals surface area contributed by atoms with E-state index in [4.69, 9.17) is 0 Å². The zero-order chi connectivity index (χ0) is 13.7. The van der Waals surface area contributed by atoms with Crippen LogP contribution in [0.5, 0.6) is 0 Å². The lowest BCUT2D eigenvalue weighted by atomic mass is 10.0. The molecule has 102 valence electrons. The van der Waals surface area contributed by atoms with Crippen LogP contribution in [-0.4, -0.2) is 16.5 Å². The van der Waals surface area contributed by atoms with Crippen LogP contribution in [-0.2, 0) is 6.42 Å². The van der Waals surface area contributed by atoms with E-state index in [1.165, 1.54) is 5.56 Å². The van der Waals surface area contributed by atoms with Crippen LogP contribution in [0.1, 0.15) is 30.8 Å². The lowest BCUT2D eigenvalue weighted by Gasteiger charge is -2.19. The summed E-state index contributed by atoms with van der Waals surface area (Å²) in [5.74, 6) is 1.00. The molecule has 0 aliphatic carbocycles. The van der Waals surface area contributed by atoms with Gasteiger partial charge in [-0.25, -0.2) is 4.98 Å². The fourth-order valence-electron chi connectivity index (χ4n) is 2.00. The molecule has 2 rings (SSSR count). The summed E-state index contributed by atoms with van der Waals surface area (Å²) in [5.41, 5.74) is 1.25. The molecule has 0 saturated heterocycles. The second kappa shape index (κ2) is 7.22. The monoisotopic (exact) mass is 385 g/mol. The number of halogens is 2. The van der Waals surface area contributed by atoms with Gasteiger partial charge < -0.3 is 10.3 Å². The van der Waals surface area contributed by atoms with Crippen molar-refractivity contribution in [1.82, 2.24) is 15.3 Å². The molecule has 0 saturated carbocycles. The molecule has 0 spiro atoms. The van der Waals surface area contributed by atoms with E-state index in [-0.39, 0.29) is 6.04 Å². The van der Waals surface area contributed by atoms with Gasteiger partial charge in [0.1, 0.15) is 5.82 Å². The van der Waals surface area contributed by atoms with Gasteiger partial charge in [-0.05, 0) is 36.7 Å². The number of nitrogens with zero attached hydrogens (tertiary/aromatic N) is 1. The first-order valence-corrected chi connectivity index (χ1v) is 7.96. The number of aromatic amines is 1. The molecule has 0 radical (unpaired) electrons. The predicted molar refractivity (Wildman–Crippen MR) is 85.2 cm³/mol. The van der Waals surface area contributed by atoms with Gasteiger partial charge in [0.2, 0.25) is 0 Å². The highest BCUT2D eigenvalue weighted by Crippen LogP contribution is 2.28. The minimum absolute atomic E-state index is 0.248. The lowest BCUT2D eigenvalue weighted by Crippen LogP contribution is -2.25. The van der Waals surface area contributed by atoms with E-state index in [9.17, 15) is 0 Å². The molecule has 3 nitrogen and oxygen atoms in total. The Balaban J connectivity index is 2.23. The Hall–Kier alpha value is -0.650. The van der Waals surface area contributed by atoms with Crippen molar-refractivity contribution in [2.75, 3.05) is 6.54 Å².